The molecular weight excluding hydrogens is 328 g/mol. The van der Waals surface area contributed by atoms with Crippen molar-refractivity contribution in [3.05, 3.63) is 53.1 Å². The molecule has 0 aliphatic carbocycles. The van der Waals surface area contributed by atoms with Crippen molar-refractivity contribution in [2.75, 3.05) is 13.7 Å². The molecule has 0 unspecified atom stereocenters. The van der Waals surface area contributed by atoms with Gasteiger partial charge in [0.2, 0.25) is 5.82 Å². The van der Waals surface area contributed by atoms with Gasteiger partial charge in [-0.25, -0.2) is 0 Å². The molecule has 6 nitrogen and oxygen atoms in total. The Balaban J connectivity index is 1.85. The summed E-state index contributed by atoms with van der Waals surface area (Å²) in [7, 11) is 1.61. The maximum absolute atomic E-state index is 6.17. The van der Waals surface area contributed by atoms with Gasteiger partial charge in [-0.15, -0.1) is 10.2 Å². The highest BCUT2D eigenvalue weighted by Crippen LogP contribution is 2.31. The van der Waals surface area contributed by atoms with Crippen molar-refractivity contribution in [1.82, 2.24) is 20.2 Å². The fourth-order valence-electron chi connectivity index (χ4n) is 2.29. The second-order valence-electron chi connectivity index (χ2n) is 5.03. The van der Waals surface area contributed by atoms with Gasteiger partial charge < -0.3 is 9.47 Å². The maximum atomic E-state index is 6.17. The molecule has 0 atom stereocenters. The second-order valence-corrected chi connectivity index (χ2v) is 5.44. The van der Waals surface area contributed by atoms with Crippen molar-refractivity contribution in [2.45, 2.75) is 13.5 Å². The Morgan fingerprint density at radius 1 is 1.12 bits per heavy atom. The molecule has 24 heavy (non-hydrogen) atoms. The predicted molar refractivity (Wildman–Crippen MR) is 91.5 cm³/mol. The van der Waals surface area contributed by atoms with Crippen molar-refractivity contribution >= 4 is 11.6 Å². The molecule has 7 heteroatoms. The largest absolute Gasteiger partial charge is 0.493 e. The van der Waals surface area contributed by atoms with Crippen LogP contribution in [0.1, 0.15) is 12.5 Å². The van der Waals surface area contributed by atoms with Crippen LogP contribution in [0, 0.1) is 0 Å². The van der Waals surface area contributed by atoms with Crippen LogP contribution in [-0.2, 0) is 6.54 Å². The quantitative estimate of drug-likeness (QED) is 0.685. The SMILES string of the molecule is CCOc1cc(-c2nnn(Cc3ccccc3Cl)n2)ccc1OC. The van der Waals surface area contributed by atoms with Crippen molar-refractivity contribution in [1.29, 1.82) is 0 Å². The van der Waals surface area contributed by atoms with Gasteiger partial charge in [-0.05, 0) is 42.0 Å². The number of hydrogen-bond donors (Lipinski definition) is 0. The van der Waals surface area contributed by atoms with Crippen molar-refractivity contribution in [2.24, 2.45) is 0 Å². The van der Waals surface area contributed by atoms with E-state index in [4.69, 9.17) is 21.1 Å². The summed E-state index contributed by atoms with van der Waals surface area (Å²) in [6.07, 6.45) is 0. The number of rotatable bonds is 6. The molecule has 2 aromatic carbocycles. The third kappa shape index (κ3) is 3.49. The molecule has 0 bridgehead atoms. The van der Waals surface area contributed by atoms with E-state index >= 15 is 0 Å². The summed E-state index contributed by atoms with van der Waals surface area (Å²) in [5, 5.41) is 13.3. The number of nitrogens with zero attached hydrogens (tertiary/aromatic N) is 4. The van der Waals surface area contributed by atoms with Crippen LogP contribution in [0.2, 0.25) is 5.02 Å². The van der Waals surface area contributed by atoms with Gasteiger partial charge in [0.25, 0.3) is 0 Å². The molecule has 0 saturated carbocycles. The van der Waals surface area contributed by atoms with E-state index in [1.165, 1.54) is 4.80 Å². The van der Waals surface area contributed by atoms with E-state index in [-0.39, 0.29) is 0 Å². The molecule has 0 saturated heterocycles. The maximum Gasteiger partial charge on any atom is 0.205 e. The van der Waals surface area contributed by atoms with Gasteiger partial charge in [0, 0.05) is 10.6 Å². The first-order valence-electron chi connectivity index (χ1n) is 7.53. The van der Waals surface area contributed by atoms with E-state index in [1.807, 2.05) is 49.4 Å². The fourth-order valence-corrected chi connectivity index (χ4v) is 2.48. The number of ether oxygens (including phenoxy) is 2. The predicted octanol–water partition coefficient (Wildman–Crippen LogP) is 3.45. The summed E-state index contributed by atoms with van der Waals surface area (Å²) in [4.78, 5) is 1.52. The van der Waals surface area contributed by atoms with Gasteiger partial charge in [-0.3, -0.25) is 0 Å². The summed E-state index contributed by atoms with van der Waals surface area (Å²) in [6.45, 7) is 2.93. The van der Waals surface area contributed by atoms with Gasteiger partial charge >= 0.3 is 0 Å². The number of halogens is 1. The Labute approximate surface area is 145 Å². The lowest BCUT2D eigenvalue weighted by Crippen LogP contribution is -2.04. The van der Waals surface area contributed by atoms with E-state index in [1.54, 1.807) is 7.11 Å². The average Bonchev–Trinajstić information content (AvgIpc) is 3.06. The van der Waals surface area contributed by atoms with Crippen molar-refractivity contribution in [3.63, 3.8) is 0 Å². The van der Waals surface area contributed by atoms with Crippen LogP contribution in [0.25, 0.3) is 11.4 Å². The number of benzene rings is 2. The third-order valence-corrected chi connectivity index (χ3v) is 3.81. The number of hydrogen-bond acceptors (Lipinski definition) is 5. The van der Waals surface area contributed by atoms with Crippen LogP contribution in [-0.4, -0.2) is 33.9 Å². The summed E-state index contributed by atoms with van der Waals surface area (Å²) in [6, 6.07) is 13.1. The zero-order chi connectivity index (χ0) is 16.9. The van der Waals surface area contributed by atoms with Crippen LogP contribution >= 0.6 is 11.6 Å². The minimum Gasteiger partial charge on any atom is -0.493 e. The van der Waals surface area contributed by atoms with Crippen molar-refractivity contribution < 1.29 is 9.47 Å². The molecule has 1 heterocycles. The molecule has 0 spiro atoms. The normalized spacial score (nSPS) is 10.6. The molecule has 0 amide bonds. The van der Waals surface area contributed by atoms with Crippen LogP contribution in [0.4, 0.5) is 0 Å². The molecular formula is C17H17ClN4O2. The van der Waals surface area contributed by atoms with Gasteiger partial charge in [-0.1, -0.05) is 29.8 Å². The van der Waals surface area contributed by atoms with E-state index in [9.17, 15) is 0 Å². The fraction of sp³-hybridized carbons (Fsp3) is 0.235. The summed E-state index contributed by atoms with van der Waals surface area (Å²) < 4.78 is 10.9. The highest BCUT2D eigenvalue weighted by molar-refractivity contribution is 6.31. The zero-order valence-corrected chi connectivity index (χ0v) is 14.2. The smallest absolute Gasteiger partial charge is 0.205 e. The molecule has 0 fully saturated rings. The van der Waals surface area contributed by atoms with Crippen LogP contribution in [0.5, 0.6) is 11.5 Å². The number of tetrazole rings is 1. The molecule has 3 rings (SSSR count). The minimum absolute atomic E-state index is 0.459. The monoisotopic (exact) mass is 344 g/mol. The first-order valence-corrected chi connectivity index (χ1v) is 7.91. The topological polar surface area (TPSA) is 62.1 Å². The molecule has 0 radical (unpaired) electrons. The zero-order valence-electron chi connectivity index (χ0n) is 13.4. The Bertz CT molecular complexity index is 835. The molecule has 3 aromatic rings. The Kier molecular flexibility index (Phi) is 4.96. The van der Waals surface area contributed by atoms with Crippen molar-refractivity contribution in [3.8, 4) is 22.9 Å². The molecule has 1 aromatic heterocycles. The Hall–Kier alpha value is -2.60. The van der Waals surface area contributed by atoms with Gasteiger partial charge in [0.1, 0.15) is 0 Å². The first-order chi connectivity index (χ1) is 11.7. The first kappa shape index (κ1) is 16.3. The molecule has 0 aliphatic rings. The van der Waals surface area contributed by atoms with E-state index < -0.39 is 0 Å². The molecule has 0 aliphatic heterocycles. The Morgan fingerprint density at radius 2 is 1.96 bits per heavy atom. The standard InChI is InChI=1S/C17H17ClN4O2/c1-3-24-16-10-12(8-9-15(16)23-2)17-19-21-22(20-17)11-13-6-4-5-7-14(13)18/h4-10H,3,11H2,1-2H3. The van der Waals surface area contributed by atoms with E-state index in [0.717, 1.165) is 11.1 Å². The van der Waals surface area contributed by atoms with E-state index in [0.29, 0.717) is 35.5 Å². The number of methoxy groups -OCH3 is 1. The Morgan fingerprint density at radius 3 is 2.71 bits per heavy atom. The van der Waals surface area contributed by atoms with E-state index in [2.05, 4.69) is 15.4 Å². The lowest BCUT2D eigenvalue weighted by Gasteiger charge is -2.09. The third-order valence-electron chi connectivity index (χ3n) is 3.44. The van der Waals surface area contributed by atoms with Crippen LogP contribution < -0.4 is 9.47 Å². The lowest BCUT2D eigenvalue weighted by atomic mass is 10.2. The van der Waals surface area contributed by atoms with Gasteiger partial charge in [0.15, 0.2) is 11.5 Å². The molecule has 124 valence electrons. The summed E-state index contributed by atoms with van der Waals surface area (Å²) in [5.74, 6) is 1.84. The second kappa shape index (κ2) is 7.31. The average molecular weight is 345 g/mol. The van der Waals surface area contributed by atoms with Crippen LogP contribution in [0.3, 0.4) is 0 Å². The van der Waals surface area contributed by atoms with Crippen LogP contribution in [0.15, 0.2) is 42.5 Å². The van der Waals surface area contributed by atoms with Gasteiger partial charge in [-0.2, -0.15) is 4.80 Å². The summed E-state index contributed by atoms with van der Waals surface area (Å²) >= 11 is 6.17. The lowest BCUT2D eigenvalue weighted by molar-refractivity contribution is 0.311. The highest BCUT2D eigenvalue weighted by atomic mass is 35.5. The minimum atomic E-state index is 0.459. The summed E-state index contributed by atoms with van der Waals surface area (Å²) in [5.41, 5.74) is 1.75. The molecule has 0 N–H and O–H groups in total. The highest BCUT2D eigenvalue weighted by Gasteiger charge is 2.11. The number of aromatic nitrogens is 4. The van der Waals surface area contributed by atoms with Gasteiger partial charge in [0.05, 0.1) is 20.3 Å².